The monoisotopic (exact) mass is 556 g/mol. The highest BCUT2D eigenvalue weighted by atomic mass is 16.6. The zero-order chi connectivity index (χ0) is 28.9. The van der Waals surface area contributed by atoms with Gasteiger partial charge in [-0.2, -0.15) is 5.26 Å². The highest BCUT2D eigenvalue weighted by Gasteiger charge is 2.18. The van der Waals surface area contributed by atoms with Crippen LogP contribution in [0.4, 0.5) is 0 Å². The van der Waals surface area contributed by atoms with Crippen molar-refractivity contribution in [3.8, 4) is 34.4 Å². The van der Waals surface area contributed by atoms with Crippen LogP contribution in [0.1, 0.15) is 51.8 Å². The van der Waals surface area contributed by atoms with Crippen molar-refractivity contribution in [2.24, 2.45) is 0 Å². The molecular weight excluding hydrogens is 520 g/mol. The van der Waals surface area contributed by atoms with Crippen molar-refractivity contribution >= 4 is 12.2 Å². The minimum Gasteiger partial charge on any atom is -0.489 e. The van der Waals surface area contributed by atoms with Gasteiger partial charge in [0.15, 0.2) is 11.5 Å². The SMILES string of the molecule is Cc1cc(/C=C/c2cccc(-c3ccc4c(c3)OCCO4)c2C)cc(OCc2cccc(C#N)c2)c1CN1CCCC1. The number of rotatable bonds is 8. The lowest BCUT2D eigenvalue weighted by molar-refractivity contribution is 0.171. The molecule has 42 heavy (non-hydrogen) atoms. The third kappa shape index (κ3) is 6.20. The van der Waals surface area contributed by atoms with Gasteiger partial charge in [-0.15, -0.1) is 0 Å². The smallest absolute Gasteiger partial charge is 0.161 e. The standard InChI is InChI=1S/C37H36N2O3/c1-26-19-28(11-12-31-9-6-10-33(27(31)2)32-13-14-35-37(22-32)41-18-17-40-35)21-36(34(26)24-39-15-3-4-16-39)42-25-30-8-5-7-29(20-30)23-38/h5-14,19-22H,3-4,15-18,24-25H2,1-2H3/b12-11+. The Morgan fingerprint density at radius 1 is 0.881 bits per heavy atom. The van der Waals surface area contributed by atoms with Crippen LogP contribution in [0.3, 0.4) is 0 Å². The van der Waals surface area contributed by atoms with Gasteiger partial charge in [0.25, 0.3) is 0 Å². The van der Waals surface area contributed by atoms with Crippen LogP contribution in [0, 0.1) is 25.2 Å². The van der Waals surface area contributed by atoms with Gasteiger partial charge in [-0.25, -0.2) is 0 Å². The van der Waals surface area contributed by atoms with Crippen LogP contribution in [0.5, 0.6) is 17.2 Å². The van der Waals surface area contributed by atoms with Crippen molar-refractivity contribution in [1.29, 1.82) is 5.26 Å². The molecule has 2 aliphatic heterocycles. The van der Waals surface area contributed by atoms with Gasteiger partial charge in [0, 0.05) is 12.1 Å². The number of aryl methyl sites for hydroxylation is 1. The van der Waals surface area contributed by atoms with E-state index < -0.39 is 0 Å². The molecule has 2 aliphatic rings. The molecule has 4 aromatic rings. The Labute approximate surface area is 248 Å². The second-order valence-corrected chi connectivity index (χ2v) is 11.1. The minimum atomic E-state index is 0.422. The summed E-state index contributed by atoms with van der Waals surface area (Å²) in [5.74, 6) is 2.51. The molecular formula is C37H36N2O3. The van der Waals surface area contributed by atoms with Crippen molar-refractivity contribution < 1.29 is 14.2 Å². The molecule has 212 valence electrons. The molecule has 0 unspecified atom stereocenters. The highest BCUT2D eigenvalue weighted by Crippen LogP contribution is 2.36. The molecule has 0 aliphatic carbocycles. The molecule has 0 radical (unpaired) electrons. The lowest BCUT2D eigenvalue weighted by Gasteiger charge is -2.21. The fourth-order valence-corrected chi connectivity index (χ4v) is 5.84. The summed E-state index contributed by atoms with van der Waals surface area (Å²) in [5.41, 5.74) is 9.87. The highest BCUT2D eigenvalue weighted by molar-refractivity contribution is 5.78. The van der Waals surface area contributed by atoms with E-state index in [1.165, 1.54) is 35.1 Å². The first-order valence-corrected chi connectivity index (χ1v) is 14.7. The maximum absolute atomic E-state index is 9.31. The molecule has 0 saturated carbocycles. The van der Waals surface area contributed by atoms with Gasteiger partial charge >= 0.3 is 0 Å². The topological polar surface area (TPSA) is 54.7 Å². The predicted octanol–water partition coefficient (Wildman–Crippen LogP) is 7.96. The van der Waals surface area contributed by atoms with Gasteiger partial charge in [0.1, 0.15) is 25.6 Å². The predicted molar refractivity (Wildman–Crippen MR) is 168 cm³/mol. The van der Waals surface area contributed by atoms with Crippen LogP contribution in [0.25, 0.3) is 23.3 Å². The van der Waals surface area contributed by atoms with E-state index in [1.54, 1.807) is 0 Å². The molecule has 6 rings (SSSR count). The van der Waals surface area contributed by atoms with Crippen LogP contribution in [-0.2, 0) is 13.2 Å². The molecule has 0 atom stereocenters. The van der Waals surface area contributed by atoms with Crippen molar-refractivity contribution in [3.05, 3.63) is 112 Å². The summed E-state index contributed by atoms with van der Waals surface area (Å²) in [6.07, 6.45) is 6.86. The summed E-state index contributed by atoms with van der Waals surface area (Å²) in [6.45, 7) is 9.08. The first kappa shape index (κ1) is 27.6. The van der Waals surface area contributed by atoms with Gasteiger partial charge in [-0.1, -0.05) is 54.6 Å². The third-order valence-electron chi connectivity index (χ3n) is 8.17. The number of likely N-dealkylation sites (tertiary alicyclic amines) is 1. The molecule has 5 nitrogen and oxygen atoms in total. The quantitative estimate of drug-likeness (QED) is 0.206. The second-order valence-electron chi connectivity index (χ2n) is 11.1. The average Bonchev–Trinajstić information content (AvgIpc) is 3.54. The number of nitrogens with zero attached hydrogens (tertiary/aromatic N) is 2. The molecule has 0 amide bonds. The average molecular weight is 557 g/mol. The molecule has 0 bridgehead atoms. The third-order valence-corrected chi connectivity index (χ3v) is 8.17. The van der Waals surface area contributed by atoms with Gasteiger partial charge in [-0.3, -0.25) is 4.90 Å². The van der Waals surface area contributed by atoms with E-state index in [4.69, 9.17) is 14.2 Å². The van der Waals surface area contributed by atoms with E-state index in [0.717, 1.165) is 59.1 Å². The molecule has 5 heteroatoms. The number of benzene rings is 4. The number of ether oxygens (including phenoxy) is 3. The number of fused-ring (bicyclic) bond motifs is 1. The Balaban J connectivity index is 1.28. The van der Waals surface area contributed by atoms with Crippen molar-refractivity contribution in [2.75, 3.05) is 26.3 Å². The summed E-state index contributed by atoms with van der Waals surface area (Å²) >= 11 is 0. The summed E-state index contributed by atoms with van der Waals surface area (Å²) in [4.78, 5) is 2.51. The van der Waals surface area contributed by atoms with E-state index in [1.807, 2.05) is 30.3 Å². The van der Waals surface area contributed by atoms with Gasteiger partial charge in [0.2, 0.25) is 0 Å². The number of nitriles is 1. The van der Waals surface area contributed by atoms with Crippen LogP contribution in [0.15, 0.2) is 72.8 Å². The fraction of sp³-hybridized carbons (Fsp3) is 0.270. The molecule has 1 fully saturated rings. The molecule has 1 saturated heterocycles. The molecule has 4 aromatic carbocycles. The second kappa shape index (κ2) is 12.5. The summed E-state index contributed by atoms with van der Waals surface area (Å²) in [7, 11) is 0. The molecule has 0 N–H and O–H groups in total. The summed E-state index contributed by atoms with van der Waals surface area (Å²) < 4.78 is 18.0. The largest absolute Gasteiger partial charge is 0.489 e. The zero-order valence-electron chi connectivity index (χ0n) is 24.4. The first-order valence-electron chi connectivity index (χ1n) is 14.7. The van der Waals surface area contributed by atoms with Crippen LogP contribution >= 0.6 is 0 Å². The summed E-state index contributed by atoms with van der Waals surface area (Å²) in [5, 5.41) is 9.31. The Hall–Kier alpha value is -4.53. The minimum absolute atomic E-state index is 0.422. The maximum Gasteiger partial charge on any atom is 0.161 e. The number of hydrogen-bond donors (Lipinski definition) is 0. The van der Waals surface area contributed by atoms with E-state index in [2.05, 4.69) is 79.4 Å². The Morgan fingerprint density at radius 2 is 1.69 bits per heavy atom. The Morgan fingerprint density at radius 3 is 2.52 bits per heavy atom. The van der Waals surface area contributed by atoms with Gasteiger partial charge in [-0.05, 0) is 109 Å². The lowest BCUT2D eigenvalue weighted by atomic mass is 9.95. The van der Waals surface area contributed by atoms with Crippen molar-refractivity contribution in [3.63, 3.8) is 0 Å². The van der Waals surface area contributed by atoms with Crippen LogP contribution in [-0.4, -0.2) is 31.2 Å². The Bertz CT molecular complexity index is 1660. The van der Waals surface area contributed by atoms with E-state index >= 15 is 0 Å². The fourth-order valence-electron chi connectivity index (χ4n) is 5.84. The van der Waals surface area contributed by atoms with Gasteiger partial charge < -0.3 is 14.2 Å². The zero-order valence-corrected chi connectivity index (χ0v) is 24.4. The van der Waals surface area contributed by atoms with Crippen LogP contribution < -0.4 is 14.2 Å². The first-order chi connectivity index (χ1) is 20.6. The summed E-state index contributed by atoms with van der Waals surface area (Å²) in [6, 6.07) is 26.9. The van der Waals surface area contributed by atoms with E-state index in [-0.39, 0.29) is 0 Å². The van der Waals surface area contributed by atoms with E-state index in [0.29, 0.717) is 25.4 Å². The maximum atomic E-state index is 9.31. The van der Waals surface area contributed by atoms with Crippen LogP contribution in [0.2, 0.25) is 0 Å². The van der Waals surface area contributed by atoms with E-state index in [9.17, 15) is 5.26 Å². The molecule has 0 spiro atoms. The van der Waals surface area contributed by atoms with Crippen molar-refractivity contribution in [1.82, 2.24) is 4.90 Å². The molecule has 0 aromatic heterocycles. The normalized spacial score (nSPS) is 14.7. The Kier molecular flexibility index (Phi) is 8.26. The van der Waals surface area contributed by atoms with Crippen molar-refractivity contribution in [2.45, 2.75) is 39.8 Å². The molecule has 2 heterocycles. The number of hydrogen-bond acceptors (Lipinski definition) is 5. The lowest BCUT2D eigenvalue weighted by Crippen LogP contribution is -2.19. The van der Waals surface area contributed by atoms with Gasteiger partial charge in [0.05, 0.1) is 11.6 Å².